The molecule has 1 aliphatic carbocycles. The Morgan fingerprint density at radius 1 is 1.03 bits per heavy atom. The van der Waals surface area contributed by atoms with E-state index in [4.69, 9.17) is 0 Å². The molecule has 3 aromatic rings. The second kappa shape index (κ2) is 9.33. The van der Waals surface area contributed by atoms with Crippen molar-refractivity contribution >= 4 is 27.9 Å². The normalized spacial score (nSPS) is 22.9. The standard InChI is InChI=1S/C25H31N5OS/c1-17-27-28-25(32-17)19-3-4-20-16-26-22(14-21(20)13-19)15-24(31)18-5-7-23(8-6-18)30-11-9-29(2)10-12-30/h3-4,13-14,16,18,23H,5-12,15H2,1-2H3. The lowest BCUT2D eigenvalue weighted by atomic mass is 9.81. The lowest BCUT2D eigenvalue weighted by Crippen LogP contribution is -2.50. The van der Waals surface area contributed by atoms with Gasteiger partial charge in [-0.3, -0.25) is 14.7 Å². The van der Waals surface area contributed by atoms with Crippen molar-refractivity contribution in [2.75, 3.05) is 33.2 Å². The summed E-state index contributed by atoms with van der Waals surface area (Å²) >= 11 is 1.60. The number of carbonyl (C=O) groups excluding carboxylic acids is 1. The molecule has 0 radical (unpaired) electrons. The minimum Gasteiger partial charge on any atom is -0.304 e. The van der Waals surface area contributed by atoms with E-state index in [2.05, 4.69) is 56.3 Å². The molecule has 5 rings (SSSR count). The maximum atomic E-state index is 13.0. The van der Waals surface area contributed by atoms with Crippen molar-refractivity contribution in [2.45, 2.75) is 45.1 Å². The molecule has 1 saturated heterocycles. The van der Waals surface area contributed by atoms with E-state index < -0.39 is 0 Å². The maximum Gasteiger partial charge on any atom is 0.147 e. The Labute approximate surface area is 193 Å². The highest BCUT2D eigenvalue weighted by atomic mass is 32.1. The molecule has 0 N–H and O–H groups in total. The van der Waals surface area contributed by atoms with Crippen molar-refractivity contribution in [3.63, 3.8) is 0 Å². The van der Waals surface area contributed by atoms with Gasteiger partial charge >= 0.3 is 0 Å². The van der Waals surface area contributed by atoms with Crippen LogP contribution < -0.4 is 0 Å². The van der Waals surface area contributed by atoms with E-state index >= 15 is 0 Å². The van der Waals surface area contributed by atoms with Crippen LogP contribution in [-0.2, 0) is 11.2 Å². The van der Waals surface area contributed by atoms with Crippen molar-refractivity contribution < 1.29 is 4.79 Å². The highest BCUT2D eigenvalue weighted by Gasteiger charge is 2.30. The number of ketones is 1. The molecule has 1 aromatic carbocycles. The molecule has 6 nitrogen and oxygen atoms in total. The third-order valence-corrected chi connectivity index (χ3v) is 8.00. The third kappa shape index (κ3) is 4.75. The fourth-order valence-corrected chi connectivity index (χ4v) is 5.79. The van der Waals surface area contributed by atoms with Gasteiger partial charge in [0.05, 0.1) is 0 Å². The molecule has 2 aliphatic rings. The maximum absolute atomic E-state index is 13.0. The highest BCUT2D eigenvalue weighted by molar-refractivity contribution is 7.14. The van der Waals surface area contributed by atoms with Crippen molar-refractivity contribution in [3.8, 4) is 10.6 Å². The number of Topliss-reactive ketones (excluding diaryl/α,β-unsaturated/α-hetero) is 1. The fourth-order valence-electron chi connectivity index (χ4n) is 5.10. The molecule has 1 aliphatic heterocycles. The summed E-state index contributed by atoms with van der Waals surface area (Å²) in [5.41, 5.74) is 1.93. The fraction of sp³-hybridized carbons (Fsp3) is 0.520. The van der Waals surface area contributed by atoms with Gasteiger partial charge in [0.2, 0.25) is 0 Å². The summed E-state index contributed by atoms with van der Waals surface area (Å²) in [7, 11) is 2.20. The van der Waals surface area contributed by atoms with Crippen LogP contribution in [0, 0.1) is 12.8 Å². The van der Waals surface area contributed by atoms with E-state index in [-0.39, 0.29) is 5.92 Å². The molecular formula is C25H31N5OS. The van der Waals surface area contributed by atoms with Gasteiger partial charge in [-0.1, -0.05) is 23.5 Å². The number of hydrogen-bond donors (Lipinski definition) is 0. The molecule has 7 heteroatoms. The molecule has 2 aromatic heterocycles. The van der Waals surface area contributed by atoms with Crippen LogP contribution in [0.1, 0.15) is 36.4 Å². The average Bonchev–Trinajstić information content (AvgIpc) is 3.25. The molecule has 168 valence electrons. The molecule has 1 saturated carbocycles. The number of rotatable bonds is 5. The van der Waals surface area contributed by atoms with Crippen LogP contribution in [0.15, 0.2) is 30.5 Å². The van der Waals surface area contributed by atoms with Gasteiger partial charge < -0.3 is 4.90 Å². The topological polar surface area (TPSA) is 62.2 Å². The first kappa shape index (κ1) is 21.6. The number of aromatic nitrogens is 3. The summed E-state index contributed by atoms with van der Waals surface area (Å²) in [4.78, 5) is 22.7. The van der Waals surface area contributed by atoms with Gasteiger partial charge in [0, 0.05) is 67.4 Å². The third-order valence-electron chi connectivity index (χ3n) is 7.11. The largest absolute Gasteiger partial charge is 0.304 e. The van der Waals surface area contributed by atoms with Gasteiger partial charge in [0.1, 0.15) is 15.8 Å². The molecule has 0 bridgehead atoms. The SMILES string of the molecule is Cc1nnc(-c2ccc3cnc(CC(=O)C4CCC(N5CCN(C)CC5)CC4)cc3c2)s1. The van der Waals surface area contributed by atoms with Crippen LogP contribution in [0.4, 0.5) is 0 Å². The number of aryl methyl sites for hydroxylation is 1. The molecule has 3 heterocycles. The number of piperazine rings is 1. The second-order valence-corrected chi connectivity index (χ2v) is 10.5. The molecule has 0 unspecified atom stereocenters. The lowest BCUT2D eigenvalue weighted by molar-refractivity contribution is -0.123. The number of pyridine rings is 1. The van der Waals surface area contributed by atoms with Gasteiger partial charge in [0.25, 0.3) is 0 Å². The summed E-state index contributed by atoms with van der Waals surface area (Å²) in [6, 6.07) is 8.99. The van der Waals surface area contributed by atoms with Gasteiger partial charge in [-0.15, -0.1) is 10.2 Å². The second-order valence-electron chi connectivity index (χ2n) is 9.35. The zero-order valence-corrected chi connectivity index (χ0v) is 19.8. The average molecular weight is 450 g/mol. The number of hydrogen-bond acceptors (Lipinski definition) is 7. The Morgan fingerprint density at radius 2 is 1.81 bits per heavy atom. The number of nitrogens with zero attached hydrogens (tertiary/aromatic N) is 5. The zero-order valence-electron chi connectivity index (χ0n) is 19.0. The van der Waals surface area contributed by atoms with Crippen molar-refractivity contribution in [3.05, 3.63) is 41.2 Å². The molecule has 32 heavy (non-hydrogen) atoms. The van der Waals surface area contributed by atoms with Crippen LogP contribution in [0.5, 0.6) is 0 Å². The summed E-state index contributed by atoms with van der Waals surface area (Å²) in [5.74, 6) is 0.538. The van der Waals surface area contributed by atoms with Crippen molar-refractivity contribution in [2.24, 2.45) is 5.92 Å². The van der Waals surface area contributed by atoms with Crippen LogP contribution in [0.2, 0.25) is 0 Å². The monoisotopic (exact) mass is 449 g/mol. The summed E-state index contributed by atoms with van der Waals surface area (Å²) in [6.07, 6.45) is 6.65. The smallest absolute Gasteiger partial charge is 0.147 e. The summed E-state index contributed by atoms with van der Waals surface area (Å²) in [5, 5.41) is 12.5. The minimum absolute atomic E-state index is 0.187. The van der Waals surface area contributed by atoms with Gasteiger partial charge in [-0.2, -0.15) is 0 Å². The van der Waals surface area contributed by atoms with Crippen LogP contribution >= 0.6 is 11.3 Å². The van der Waals surface area contributed by atoms with Crippen LogP contribution in [0.25, 0.3) is 21.3 Å². The first-order chi connectivity index (χ1) is 15.5. The van der Waals surface area contributed by atoms with E-state index in [0.717, 1.165) is 70.8 Å². The first-order valence-corrected chi connectivity index (χ1v) is 12.5. The first-order valence-electron chi connectivity index (χ1n) is 11.7. The molecule has 0 spiro atoms. The zero-order chi connectivity index (χ0) is 22.1. The Kier molecular flexibility index (Phi) is 6.31. The molecular weight excluding hydrogens is 418 g/mol. The predicted octanol–water partition coefficient (Wildman–Crippen LogP) is 3.98. The molecule has 2 fully saturated rings. The highest BCUT2D eigenvalue weighted by Crippen LogP contribution is 2.30. The van der Waals surface area contributed by atoms with Crippen molar-refractivity contribution in [1.82, 2.24) is 25.0 Å². The number of fused-ring (bicyclic) bond motifs is 1. The molecule has 0 atom stereocenters. The number of carbonyl (C=O) groups is 1. The Bertz CT molecular complexity index is 1100. The Morgan fingerprint density at radius 3 is 2.53 bits per heavy atom. The summed E-state index contributed by atoms with van der Waals surface area (Å²) < 4.78 is 0. The van der Waals surface area contributed by atoms with Crippen LogP contribution in [-0.4, -0.2) is 70.0 Å². The Hall–Kier alpha value is -2.22. The Balaban J connectivity index is 1.22. The van der Waals surface area contributed by atoms with Gasteiger partial charge in [-0.05, 0) is 57.2 Å². The van der Waals surface area contributed by atoms with Crippen LogP contribution in [0.3, 0.4) is 0 Å². The minimum atomic E-state index is 0.187. The van der Waals surface area contributed by atoms with Crippen molar-refractivity contribution in [1.29, 1.82) is 0 Å². The predicted molar refractivity (Wildman–Crippen MR) is 129 cm³/mol. The summed E-state index contributed by atoms with van der Waals surface area (Å²) in [6.45, 7) is 6.62. The number of benzene rings is 1. The van der Waals surface area contributed by atoms with E-state index in [1.165, 1.54) is 13.1 Å². The van der Waals surface area contributed by atoms with E-state index in [1.807, 2.05) is 13.1 Å². The van der Waals surface area contributed by atoms with Gasteiger partial charge in [0.15, 0.2) is 0 Å². The van der Waals surface area contributed by atoms with Gasteiger partial charge in [-0.25, -0.2) is 0 Å². The number of likely N-dealkylation sites (N-methyl/N-ethyl adjacent to an activating group) is 1. The van der Waals surface area contributed by atoms with E-state index in [9.17, 15) is 4.79 Å². The van der Waals surface area contributed by atoms with E-state index in [0.29, 0.717) is 18.2 Å². The van der Waals surface area contributed by atoms with E-state index in [1.54, 1.807) is 11.3 Å². The molecule has 0 amide bonds. The quantitative estimate of drug-likeness (QED) is 0.587. The lowest BCUT2D eigenvalue weighted by Gasteiger charge is -2.40.